The van der Waals surface area contributed by atoms with Crippen LogP contribution < -0.4 is 5.56 Å². The van der Waals surface area contributed by atoms with Crippen molar-refractivity contribution in [3.05, 3.63) is 51.9 Å². The van der Waals surface area contributed by atoms with Gasteiger partial charge in [0.2, 0.25) is 0 Å². The molecule has 0 atom stereocenters. The molecule has 0 spiro atoms. The maximum Gasteiger partial charge on any atom is 0.341 e. The van der Waals surface area contributed by atoms with Gasteiger partial charge in [0.15, 0.2) is 5.13 Å². The van der Waals surface area contributed by atoms with Gasteiger partial charge in [0.1, 0.15) is 11.2 Å². The third-order valence-electron chi connectivity index (χ3n) is 2.60. The highest BCUT2D eigenvalue weighted by Gasteiger charge is 2.17. The number of rotatable bonds is 2. The molecule has 0 saturated carbocycles. The molecule has 0 radical (unpaired) electrons. The smallest absolute Gasteiger partial charge is 0.341 e. The fourth-order valence-corrected chi connectivity index (χ4v) is 2.44. The Morgan fingerprint density at radius 1 is 1.32 bits per heavy atom. The van der Waals surface area contributed by atoms with Crippen molar-refractivity contribution >= 4 is 28.3 Å². The lowest BCUT2D eigenvalue weighted by molar-refractivity contribution is 0.0695. The Bertz CT molecular complexity index is 824. The minimum absolute atomic E-state index is 0.296. The van der Waals surface area contributed by atoms with E-state index in [1.165, 1.54) is 22.0 Å². The van der Waals surface area contributed by atoms with Crippen molar-refractivity contribution in [2.45, 2.75) is 0 Å². The summed E-state index contributed by atoms with van der Waals surface area (Å²) >= 11 is 1.24. The van der Waals surface area contributed by atoms with Crippen molar-refractivity contribution in [1.29, 1.82) is 0 Å². The number of aromatic nitrogens is 3. The van der Waals surface area contributed by atoms with Crippen LogP contribution in [0.1, 0.15) is 10.4 Å². The molecule has 94 valence electrons. The van der Waals surface area contributed by atoms with Crippen LogP contribution in [0.2, 0.25) is 0 Å². The van der Waals surface area contributed by atoms with Crippen LogP contribution >= 0.6 is 11.3 Å². The molecule has 0 saturated heterocycles. The molecular formula is C12H7N3O3S. The zero-order chi connectivity index (χ0) is 13.4. The zero-order valence-corrected chi connectivity index (χ0v) is 10.3. The second-order valence-electron chi connectivity index (χ2n) is 3.73. The van der Waals surface area contributed by atoms with E-state index in [1.807, 2.05) is 0 Å². The van der Waals surface area contributed by atoms with E-state index in [0.717, 1.165) is 0 Å². The van der Waals surface area contributed by atoms with Gasteiger partial charge < -0.3 is 5.11 Å². The molecule has 0 aliphatic rings. The Morgan fingerprint density at radius 2 is 2.16 bits per heavy atom. The van der Waals surface area contributed by atoms with Gasteiger partial charge >= 0.3 is 5.97 Å². The molecule has 6 nitrogen and oxygen atoms in total. The normalized spacial score (nSPS) is 10.7. The number of nitrogens with zero attached hydrogens (tertiary/aromatic N) is 3. The fraction of sp³-hybridized carbons (Fsp3) is 0. The fourth-order valence-electron chi connectivity index (χ4n) is 1.80. The topological polar surface area (TPSA) is 85.1 Å². The second kappa shape index (κ2) is 4.29. The first-order chi connectivity index (χ1) is 9.18. The molecule has 0 aliphatic heterocycles. The summed E-state index contributed by atoms with van der Waals surface area (Å²) in [5, 5.41) is 11.8. The molecular weight excluding hydrogens is 266 g/mol. The van der Waals surface area contributed by atoms with Crippen LogP contribution in [-0.2, 0) is 0 Å². The Labute approximate surface area is 110 Å². The lowest BCUT2D eigenvalue weighted by atomic mass is 10.2. The van der Waals surface area contributed by atoms with E-state index < -0.39 is 11.5 Å². The maximum atomic E-state index is 12.2. The number of hydrogen-bond acceptors (Lipinski definition) is 5. The van der Waals surface area contributed by atoms with E-state index in [0.29, 0.717) is 16.2 Å². The van der Waals surface area contributed by atoms with Crippen LogP contribution in [0.4, 0.5) is 0 Å². The number of thiazole rings is 1. The van der Waals surface area contributed by atoms with Gasteiger partial charge in [0, 0.05) is 23.2 Å². The number of hydrogen-bond donors (Lipinski definition) is 1. The van der Waals surface area contributed by atoms with Crippen molar-refractivity contribution in [3.63, 3.8) is 0 Å². The molecule has 3 rings (SSSR count). The Morgan fingerprint density at radius 3 is 2.84 bits per heavy atom. The number of carbonyl (C=O) groups is 1. The molecule has 0 aliphatic carbocycles. The summed E-state index contributed by atoms with van der Waals surface area (Å²) in [4.78, 5) is 31.5. The highest BCUT2D eigenvalue weighted by atomic mass is 32.1. The van der Waals surface area contributed by atoms with E-state index in [2.05, 4.69) is 9.97 Å². The van der Waals surface area contributed by atoms with E-state index in [1.54, 1.807) is 29.9 Å². The Hall–Kier alpha value is -2.54. The van der Waals surface area contributed by atoms with Crippen molar-refractivity contribution in [1.82, 2.24) is 14.5 Å². The summed E-state index contributed by atoms with van der Waals surface area (Å²) in [5.41, 5.74) is -0.531. The van der Waals surface area contributed by atoms with E-state index in [-0.39, 0.29) is 5.56 Å². The summed E-state index contributed by atoms with van der Waals surface area (Å²) in [6.45, 7) is 0. The van der Waals surface area contributed by atoms with Crippen LogP contribution in [0.15, 0.2) is 40.8 Å². The number of aromatic carboxylic acids is 1. The molecule has 0 aromatic carbocycles. The summed E-state index contributed by atoms with van der Waals surface area (Å²) in [5.74, 6) is -1.26. The number of carboxylic acid groups (broad SMARTS) is 1. The van der Waals surface area contributed by atoms with Crippen LogP contribution in [0.5, 0.6) is 0 Å². The third-order valence-corrected chi connectivity index (χ3v) is 3.36. The number of fused-ring (bicyclic) bond motifs is 1. The second-order valence-corrected chi connectivity index (χ2v) is 4.61. The van der Waals surface area contributed by atoms with Crippen molar-refractivity contribution < 1.29 is 9.90 Å². The molecule has 7 heteroatoms. The average molecular weight is 273 g/mol. The van der Waals surface area contributed by atoms with Gasteiger partial charge in [0.25, 0.3) is 5.56 Å². The number of carboxylic acids is 1. The van der Waals surface area contributed by atoms with Crippen LogP contribution in [-0.4, -0.2) is 25.6 Å². The monoisotopic (exact) mass is 273 g/mol. The van der Waals surface area contributed by atoms with E-state index in [4.69, 9.17) is 5.11 Å². The minimum Gasteiger partial charge on any atom is -0.477 e. The minimum atomic E-state index is -1.26. The summed E-state index contributed by atoms with van der Waals surface area (Å²) in [6, 6.07) is 4.72. The zero-order valence-electron chi connectivity index (χ0n) is 9.48. The molecule has 0 unspecified atom stereocenters. The van der Waals surface area contributed by atoms with E-state index in [9.17, 15) is 9.59 Å². The summed E-state index contributed by atoms with van der Waals surface area (Å²) in [6.07, 6.45) is 3.10. The molecule has 19 heavy (non-hydrogen) atoms. The van der Waals surface area contributed by atoms with Gasteiger partial charge in [-0.1, -0.05) is 0 Å². The van der Waals surface area contributed by atoms with Gasteiger partial charge in [-0.25, -0.2) is 19.3 Å². The van der Waals surface area contributed by atoms with Crippen LogP contribution in [0, 0.1) is 0 Å². The van der Waals surface area contributed by atoms with Crippen molar-refractivity contribution in [3.8, 4) is 5.13 Å². The van der Waals surface area contributed by atoms with Gasteiger partial charge in [-0.05, 0) is 18.2 Å². The molecule has 3 heterocycles. The standard InChI is InChI=1S/C12H7N3O3S/c16-10-8(11(17)18)6-7-2-1-3-13-9(7)15(10)12-14-4-5-19-12/h1-6H,(H,17,18). The Balaban J connectivity index is 2.50. The van der Waals surface area contributed by atoms with Gasteiger partial charge in [-0.15, -0.1) is 11.3 Å². The first-order valence-corrected chi connectivity index (χ1v) is 6.20. The SMILES string of the molecule is O=C(O)c1cc2cccnc2n(-c2nccs2)c1=O. The lowest BCUT2D eigenvalue weighted by Crippen LogP contribution is -2.25. The lowest BCUT2D eigenvalue weighted by Gasteiger charge is -2.07. The highest BCUT2D eigenvalue weighted by Crippen LogP contribution is 2.17. The maximum absolute atomic E-state index is 12.2. The predicted molar refractivity (Wildman–Crippen MR) is 70.0 cm³/mol. The van der Waals surface area contributed by atoms with Crippen LogP contribution in [0.25, 0.3) is 16.2 Å². The largest absolute Gasteiger partial charge is 0.477 e. The van der Waals surface area contributed by atoms with E-state index >= 15 is 0 Å². The highest BCUT2D eigenvalue weighted by molar-refractivity contribution is 7.12. The summed E-state index contributed by atoms with van der Waals surface area (Å²) in [7, 11) is 0. The molecule has 3 aromatic rings. The Kier molecular flexibility index (Phi) is 2.60. The molecule has 0 fully saturated rings. The number of pyridine rings is 2. The molecule has 1 N–H and O–H groups in total. The quantitative estimate of drug-likeness (QED) is 0.765. The van der Waals surface area contributed by atoms with Crippen molar-refractivity contribution in [2.75, 3.05) is 0 Å². The molecule has 0 bridgehead atoms. The van der Waals surface area contributed by atoms with Crippen molar-refractivity contribution in [2.24, 2.45) is 0 Å². The van der Waals surface area contributed by atoms with Crippen LogP contribution in [0.3, 0.4) is 0 Å². The predicted octanol–water partition coefficient (Wildman–Crippen LogP) is 1.54. The van der Waals surface area contributed by atoms with Gasteiger partial charge in [-0.3, -0.25) is 4.79 Å². The average Bonchev–Trinajstić information content (AvgIpc) is 2.91. The summed E-state index contributed by atoms with van der Waals surface area (Å²) < 4.78 is 1.23. The molecule has 0 amide bonds. The van der Waals surface area contributed by atoms with Gasteiger partial charge in [0.05, 0.1) is 0 Å². The third kappa shape index (κ3) is 1.80. The molecule has 3 aromatic heterocycles. The first kappa shape index (κ1) is 11.5. The van der Waals surface area contributed by atoms with Gasteiger partial charge in [-0.2, -0.15) is 0 Å². The first-order valence-electron chi connectivity index (χ1n) is 5.32.